The van der Waals surface area contributed by atoms with Crippen LogP contribution in [0.4, 0.5) is 4.39 Å². The first-order valence-electron chi connectivity index (χ1n) is 6.86. The van der Waals surface area contributed by atoms with Crippen molar-refractivity contribution in [1.29, 1.82) is 0 Å². The van der Waals surface area contributed by atoms with Gasteiger partial charge in [-0.15, -0.1) is 16.4 Å². The number of benzene rings is 1. The number of Topliss-reactive ketones (excluding diaryl/α,β-unsaturated/α-hetero) is 2. The first-order valence-corrected chi connectivity index (χ1v) is 7.74. The summed E-state index contributed by atoms with van der Waals surface area (Å²) in [5.74, 6) is -1.70. The van der Waals surface area contributed by atoms with Gasteiger partial charge in [-0.25, -0.2) is 9.37 Å². The van der Waals surface area contributed by atoms with Gasteiger partial charge in [0, 0.05) is 11.3 Å². The van der Waals surface area contributed by atoms with Gasteiger partial charge in [0.15, 0.2) is 0 Å². The lowest BCUT2D eigenvalue weighted by Crippen LogP contribution is -2.18. The van der Waals surface area contributed by atoms with Crippen LogP contribution in [0.5, 0.6) is 0 Å². The van der Waals surface area contributed by atoms with Crippen molar-refractivity contribution in [2.75, 3.05) is 0 Å². The molecule has 0 radical (unpaired) electrons. The van der Waals surface area contributed by atoms with Gasteiger partial charge in [-0.05, 0) is 41.1 Å². The summed E-state index contributed by atoms with van der Waals surface area (Å²) >= 11 is 1.40. The van der Waals surface area contributed by atoms with E-state index in [-0.39, 0.29) is 18.1 Å². The molecule has 0 amide bonds. The average molecular weight is 329 g/mol. The van der Waals surface area contributed by atoms with Gasteiger partial charge in [-0.2, -0.15) is 0 Å². The van der Waals surface area contributed by atoms with E-state index >= 15 is 0 Å². The summed E-state index contributed by atoms with van der Waals surface area (Å²) < 4.78 is 13.3. The highest BCUT2D eigenvalue weighted by molar-refractivity contribution is 7.10. The Morgan fingerprint density at radius 1 is 1.26 bits per heavy atom. The van der Waals surface area contributed by atoms with Crippen LogP contribution in [0.1, 0.15) is 26.6 Å². The number of H-pyrrole nitrogens is 1. The molecule has 0 aliphatic carbocycles. The van der Waals surface area contributed by atoms with Crippen LogP contribution in [0.25, 0.3) is 0 Å². The van der Waals surface area contributed by atoms with E-state index in [1.165, 1.54) is 29.8 Å². The lowest BCUT2D eigenvalue weighted by molar-refractivity contribution is -0.114. The highest BCUT2D eigenvalue weighted by Gasteiger charge is 2.21. The van der Waals surface area contributed by atoms with Crippen LogP contribution in [-0.4, -0.2) is 26.7 Å². The molecular weight excluding hydrogens is 317 g/mol. The van der Waals surface area contributed by atoms with Crippen molar-refractivity contribution in [3.05, 3.63) is 69.7 Å². The van der Waals surface area contributed by atoms with Crippen molar-refractivity contribution in [1.82, 2.24) is 15.2 Å². The molecule has 23 heavy (non-hydrogen) atoms. The third-order valence-electron chi connectivity index (χ3n) is 3.31. The molecule has 1 aromatic carbocycles. The number of halogens is 1. The highest BCUT2D eigenvalue weighted by Crippen LogP contribution is 2.22. The molecule has 0 saturated carbocycles. The van der Waals surface area contributed by atoms with Crippen LogP contribution in [0.3, 0.4) is 0 Å². The smallest absolute Gasteiger partial charge is 0.267 e. The van der Waals surface area contributed by atoms with Crippen LogP contribution in [0, 0.1) is 5.82 Å². The number of carbonyl (C=O) groups is 2. The Bertz CT molecular complexity index is 843. The number of thiophene rings is 1. The van der Waals surface area contributed by atoms with Gasteiger partial charge in [-0.3, -0.25) is 14.7 Å². The maximum absolute atomic E-state index is 13.3. The third-order valence-corrected chi connectivity index (χ3v) is 4.28. The molecule has 7 heteroatoms. The van der Waals surface area contributed by atoms with E-state index in [1.807, 2.05) is 17.5 Å². The third kappa shape index (κ3) is 3.57. The van der Waals surface area contributed by atoms with Crippen LogP contribution in [0.2, 0.25) is 0 Å². The van der Waals surface area contributed by atoms with E-state index in [0.29, 0.717) is 6.42 Å². The fourth-order valence-corrected chi connectivity index (χ4v) is 3.12. The second kappa shape index (κ2) is 6.62. The quantitative estimate of drug-likeness (QED) is 0.557. The highest BCUT2D eigenvalue weighted by atomic mass is 32.1. The number of aromatic nitrogens is 3. The normalized spacial score (nSPS) is 10.7. The Balaban J connectivity index is 1.73. The van der Waals surface area contributed by atoms with E-state index in [2.05, 4.69) is 15.2 Å². The summed E-state index contributed by atoms with van der Waals surface area (Å²) in [6.45, 7) is 0. The fraction of sp³-hybridized carbons (Fsp3) is 0.125. The summed E-state index contributed by atoms with van der Waals surface area (Å²) in [7, 11) is 0. The molecule has 0 bridgehead atoms. The minimum atomic E-state index is -0.712. The summed E-state index contributed by atoms with van der Waals surface area (Å²) in [5.41, 5.74) is 1.73. The first kappa shape index (κ1) is 15.2. The molecule has 0 spiro atoms. The molecule has 0 unspecified atom stereocenters. The van der Waals surface area contributed by atoms with Gasteiger partial charge < -0.3 is 0 Å². The second-order valence-electron chi connectivity index (χ2n) is 4.93. The number of hydrogen-bond acceptors (Lipinski definition) is 5. The van der Waals surface area contributed by atoms with E-state index in [4.69, 9.17) is 0 Å². The maximum Gasteiger partial charge on any atom is 0.267 e. The summed E-state index contributed by atoms with van der Waals surface area (Å²) in [6.07, 6.45) is 1.76. The minimum absolute atomic E-state index is 0.00428. The SMILES string of the molecule is O=C(Cc1sccc1Cc1cccc(F)c1)C(=O)c1nc[nH]n1. The first-order chi connectivity index (χ1) is 11.1. The maximum atomic E-state index is 13.3. The fourth-order valence-electron chi connectivity index (χ4n) is 2.22. The van der Waals surface area contributed by atoms with Gasteiger partial charge in [-0.1, -0.05) is 12.1 Å². The average Bonchev–Trinajstić information content (AvgIpc) is 3.19. The standard InChI is InChI=1S/C16H12FN3O2S/c17-12-3-1-2-10(7-12)6-11-4-5-23-14(11)8-13(21)15(22)16-18-9-19-20-16/h1-5,7,9H,6,8H2,(H,18,19,20). The Morgan fingerprint density at radius 3 is 2.87 bits per heavy atom. The van der Waals surface area contributed by atoms with E-state index in [1.54, 1.807) is 6.07 Å². The lowest BCUT2D eigenvalue weighted by Gasteiger charge is -2.03. The summed E-state index contributed by atoms with van der Waals surface area (Å²) in [4.78, 5) is 28.5. The van der Waals surface area contributed by atoms with Gasteiger partial charge in [0.2, 0.25) is 11.6 Å². The molecule has 0 aliphatic rings. The molecule has 3 rings (SSSR count). The number of hydrogen-bond donors (Lipinski definition) is 1. The molecule has 1 N–H and O–H groups in total. The van der Waals surface area contributed by atoms with Gasteiger partial charge in [0.25, 0.3) is 5.78 Å². The number of nitrogens with zero attached hydrogens (tertiary/aromatic N) is 2. The Kier molecular flexibility index (Phi) is 4.38. The monoisotopic (exact) mass is 329 g/mol. The summed E-state index contributed by atoms with van der Waals surface area (Å²) in [6, 6.07) is 8.20. The largest absolute Gasteiger partial charge is 0.290 e. The molecule has 0 fully saturated rings. The molecule has 2 heterocycles. The molecule has 2 aromatic heterocycles. The number of ketones is 2. The zero-order valence-corrected chi connectivity index (χ0v) is 12.8. The zero-order valence-electron chi connectivity index (χ0n) is 12.0. The van der Waals surface area contributed by atoms with Crippen molar-refractivity contribution in [3.63, 3.8) is 0 Å². The van der Waals surface area contributed by atoms with Gasteiger partial charge in [0.05, 0.1) is 0 Å². The van der Waals surface area contributed by atoms with Gasteiger partial charge >= 0.3 is 0 Å². The number of carbonyl (C=O) groups excluding carboxylic acids is 2. The zero-order chi connectivity index (χ0) is 16.2. The van der Waals surface area contributed by atoms with Crippen LogP contribution in [-0.2, 0) is 17.6 Å². The van der Waals surface area contributed by atoms with E-state index in [9.17, 15) is 14.0 Å². The topological polar surface area (TPSA) is 75.7 Å². The second-order valence-corrected chi connectivity index (χ2v) is 5.93. The minimum Gasteiger partial charge on any atom is -0.290 e. The number of rotatable bonds is 6. The van der Waals surface area contributed by atoms with Crippen molar-refractivity contribution < 1.29 is 14.0 Å². The van der Waals surface area contributed by atoms with Gasteiger partial charge in [0.1, 0.15) is 12.1 Å². The van der Waals surface area contributed by atoms with Crippen LogP contribution >= 0.6 is 11.3 Å². The molecular formula is C16H12FN3O2S. The Morgan fingerprint density at radius 2 is 2.13 bits per heavy atom. The van der Waals surface area contributed by atoms with Crippen molar-refractivity contribution in [2.24, 2.45) is 0 Å². The number of aromatic amines is 1. The van der Waals surface area contributed by atoms with Crippen LogP contribution in [0.15, 0.2) is 42.0 Å². The van der Waals surface area contributed by atoms with Crippen molar-refractivity contribution in [2.45, 2.75) is 12.8 Å². The molecule has 116 valence electrons. The molecule has 3 aromatic rings. The Hall–Kier alpha value is -2.67. The molecule has 0 atom stereocenters. The van der Waals surface area contributed by atoms with Crippen molar-refractivity contribution >= 4 is 22.9 Å². The summed E-state index contributed by atoms with van der Waals surface area (Å²) in [5, 5.41) is 7.88. The molecule has 0 saturated heterocycles. The predicted molar refractivity (Wildman–Crippen MR) is 82.9 cm³/mol. The van der Waals surface area contributed by atoms with E-state index < -0.39 is 11.6 Å². The number of nitrogens with one attached hydrogen (secondary N) is 1. The Labute approximate surface area is 135 Å². The molecule has 5 nitrogen and oxygen atoms in total. The predicted octanol–water partition coefficient (Wildman–Crippen LogP) is 2.59. The lowest BCUT2D eigenvalue weighted by atomic mass is 10.0. The van der Waals surface area contributed by atoms with Crippen LogP contribution < -0.4 is 0 Å². The van der Waals surface area contributed by atoms with Crippen molar-refractivity contribution in [3.8, 4) is 0 Å². The molecule has 0 aliphatic heterocycles. The van der Waals surface area contributed by atoms with E-state index in [0.717, 1.165) is 16.0 Å².